The third-order valence-corrected chi connectivity index (χ3v) is 3.86. The normalized spacial score (nSPS) is 11.6. The number of benzene rings is 2. The van der Waals surface area contributed by atoms with Crippen molar-refractivity contribution in [2.75, 3.05) is 0 Å². The molecule has 106 valence electrons. The van der Waals surface area contributed by atoms with Crippen molar-refractivity contribution >= 4 is 10.0 Å². The average molecular weight is 291 g/mol. The lowest BCUT2D eigenvalue weighted by molar-refractivity contribution is 0.482. The highest BCUT2D eigenvalue weighted by Gasteiger charge is 2.07. The van der Waals surface area contributed by atoms with Crippen LogP contribution in [-0.2, 0) is 10.0 Å². The summed E-state index contributed by atoms with van der Waals surface area (Å²) in [5, 5.41) is 5.04. The Hall–Kier alpha value is -1.85. The highest BCUT2D eigenvalue weighted by atomic mass is 32.2. The van der Waals surface area contributed by atoms with Crippen molar-refractivity contribution in [2.45, 2.75) is 24.7 Å². The topological polar surface area (TPSA) is 69.4 Å². The van der Waals surface area contributed by atoms with Gasteiger partial charge in [0.1, 0.15) is 11.5 Å². The van der Waals surface area contributed by atoms with E-state index < -0.39 is 10.0 Å². The molecule has 0 heterocycles. The number of hydrogen-bond acceptors (Lipinski definition) is 3. The van der Waals surface area contributed by atoms with Crippen molar-refractivity contribution in [3.8, 4) is 11.5 Å². The Morgan fingerprint density at radius 2 is 1.35 bits per heavy atom. The first-order chi connectivity index (χ1) is 9.36. The molecule has 0 saturated carbocycles. The smallest absolute Gasteiger partial charge is 0.238 e. The van der Waals surface area contributed by atoms with Crippen LogP contribution in [0.1, 0.15) is 25.3 Å². The Morgan fingerprint density at radius 3 is 1.75 bits per heavy atom. The predicted molar refractivity (Wildman–Crippen MR) is 78.4 cm³/mol. The highest BCUT2D eigenvalue weighted by Crippen LogP contribution is 2.24. The van der Waals surface area contributed by atoms with E-state index in [-0.39, 0.29) is 4.90 Å². The van der Waals surface area contributed by atoms with Gasteiger partial charge in [-0.05, 0) is 47.9 Å². The summed E-state index contributed by atoms with van der Waals surface area (Å²) in [7, 11) is -3.66. The molecule has 0 aliphatic carbocycles. The van der Waals surface area contributed by atoms with Crippen LogP contribution in [0.2, 0.25) is 0 Å². The van der Waals surface area contributed by atoms with Crippen LogP contribution >= 0.6 is 0 Å². The molecular weight excluding hydrogens is 274 g/mol. The summed E-state index contributed by atoms with van der Waals surface area (Å²) in [6.07, 6.45) is 0. The van der Waals surface area contributed by atoms with Crippen molar-refractivity contribution in [3.63, 3.8) is 0 Å². The van der Waals surface area contributed by atoms with Crippen LogP contribution in [0, 0.1) is 0 Å². The summed E-state index contributed by atoms with van der Waals surface area (Å²) in [4.78, 5) is 0.0694. The fourth-order valence-electron chi connectivity index (χ4n) is 1.75. The fraction of sp³-hybridized carbons (Fsp3) is 0.200. The second-order valence-electron chi connectivity index (χ2n) is 4.84. The number of rotatable bonds is 4. The van der Waals surface area contributed by atoms with Crippen LogP contribution in [0.5, 0.6) is 11.5 Å². The summed E-state index contributed by atoms with van der Waals surface area (Å²) in [6.45, 7) is 4.25. The average Bonchev–Trinajstić information content (AvgIpc) is 2.39. The number of hydrogen-bond donors (Lipinski definition) is 1. The van der Waals surface area contributed by atoms with E-state index in [0.29, 0.717) is 17.4 Å². The third-order valence-electron chi connectivity index (χ3n) is 2.93. The number of primary sulfonamides is 1. The molecule has 2 aromatic carbocycles. The van der Waals surface area contributed by atoms with Crippen LogP contribution in [-0.4, -0.2) is 8.42 Å². The van der Waals surface area contributed by atoms with E-state index in [2.05, 4.69) is 13.8 Å². The van der Waals surface area contributed by atoms with Crippen LogP contribution < -0.4 is 9.88 Å². The lowest BCUT2D eigenvalue weighted by Crippen LogP contribution is -2.11. The molecule has 0 unspecified atom stereocenters. The minimum atomic E-state index is -3.66. The monoisotopic (exact) mass is 291 g/mol. The van der Waals surface area contributed by atoms with Crippen molar-refractivity contribution < 1.29 is 13.2 Å². The van der Waals surface area contributed by atoms with Gasteiger partial charge in [-0.15, -0.1) is 0 Å². The molecule has 0 atom stereocenters. The fourth-order valence-corrected chi connectivity index (χ4v) is 2.27. The Balaban J connectivity index is 2.14. The van der Waals surface area contributed by atoms with Crippen LogP contribution in [0.25, 0.3) is 0 Å². The zero-order valence-electron chi connectivity index (χ0n) is 11.4. The summed E-state index contributed by atoms with van der Waals surface area (Å²) in [5.74, 6) is 1.74. The van der Waals surface area contributed by atoms with Crippen molar-refractivity contribution in [3.05, 3.63) is 54.1 Å². The van der Waals surface area contributed by atoms with E-state index in [1.165, 1.54) is 17.7 Å². The first-order valence-electron chi connectivity index (χ1n) is 6.27. The van der Waals surface area contributed by atoms with Gasteiger partial charge in [-0.1, -0.05) is 26.0 Å². The lowest BCUT2D eigenvalue weighted by Gasteiger charge is -2.09. The standard InChI is InChI=1S/C15H17NO3S/c1-11(2)12-3-5-13(6-4-12)19-14-7-9-15(10-8-14)20(16,17)18/h3-11H,1-2H3,(H2,16,17,18). The van der Waals surface area contributed by atoms with E-state index in [4.69, 9.17) is 9.88 Å². The minimum Gasteiger partial charge on any atom is -0.457 e. The first kappa shape index (κ1) is 14.6. The van der Waals surface area contributed by atoms with Gasteiger partial charge < -0.3 is 4.74 Å². The van der Waals surface area contributed by atoms with Gasteiger partial charge in [0.25, 0.3) is 0 Å². The molecule has 20 heavy (non-hydrogen) atoms. The molecule has 0 aromatic heterocycles. The molecule has 0 saturated heterocycles. The van der Waals surface area contributed by atoms with Crippen LogP contribution in [0.3, 0.4) is 0 Å². The number of nitrogens with two attached hydrogens (primary N) is 1. The Bertz CT molecular complexity index is 674. The van der Waals surface area contributed by atoms with Gasteiger partial charge in [0.2, 0.25) is 10.0 Å². The molecule has 0 radical (unpaired) electrons. The van der Waals surface area contributed by atoms with Crippen molar-refractivity contribution in [2.24, 2.45) is 5.14 Å². The first-order valence-corrected chi connectivity index (χ1v) is 7.81. The van der Waals surface area contributed by atoms with E-state index in [1.54, 1.807) is 12.1 Å². The van der Waals surface area contributed by atoms with Crippen molar-refractivity contribution in [1.82, 2.24) is 0 Å². The molecule has 0 amide bonds. The van der Waals surface area contributed by atoms with E-state index in [0.717, 1.165) is 0 Å². The molecule has 0 aliphatic heterocycles. The maximum atomic E-state index is 11.1. The maximum absolute atomic E-state index is 11.1. The maximum Gasteiger partial charge on any atom is 0.238 e. The van der Waals surface area contributed by atoms with Gasteiger partial charge >= 0.3 is 0 Å². The molecule has 5 heteroatoms. The second kappa shape index (κ2) is 5.64. The summed E-state index contributed by atoms with van der Waals surface area (Å²) < 4.78 is 27.9. The van der Waals surface area contributed by atoms with Gasteiger partial charge in [0, 0.05) is 0 Å². The van der Waals surface area contributed by atoms with Gasteiger partial charge in [0.05, 0.1) is 4.90 Å². The van der Waals surface area contributed by atoms with Crippen molar-refractivity contribution in [1.29, 1.82) is 0 Å². The number of ether oxygens (including phenoxy) is 1. The molecule has 2 rings (SSSR count). The predicted octanol–water partition coefficient (Wildman–Crippen LogP) is 3.25. The molecular formula is C15H17NO3S. The Labute approximate surface area is 119 Å². The molecule has 2 aromatic rings. The van der Waals surface area contributed by atoms with Crippen LogP contribution in [0.15, 0.2) is 53.4 Å². The summed E-state index contributed by atoms with van der Waals surface area (Å²) in [5.41, 5.74) is 1.24. The summed E-state index contributed by atoms with van der Waals surface area (Å²) in [6, 6.07) is 13.8. The lowest BCUT2D eigenvalue weighted by atomic mass is 10.0. The van der Waals surface area contributed by atoms with Gasteiger partial charge in [-0.2, -0.15) is 0 Å². The Morgan fingerprint density at radius 1 is 0.900 bits per heavy atom. The molecule has 0 spiro atoms. The molecule has 4 nitrogen and oxygen atoms in total. The third kappa shape index (κ3) is 3.59. The van der Waals surface area contributed by atoms with E-state index in [9.17, 15) is 8.42 Å². The molecule has 0 fully saturated rings. The zero-order valence-corrected chi connectivity index (χ0v) is 12.2. The highest BCUT2D eigenvalue weighted by molar-refractivity contribution is 7.89. The molecule has 0 aliphatic rings. The Kier molecular flexibility index (Phi) is 4.11. The second-order valence-corrected chi connectivity index (χ2v) is 6.40. The van der Waals surface area contributed by atoms with Crippen LogP contribution in [0.4, 0.5) is 0 Å². The summed E-state index contributed by atoms with van der Waals surface area (Å²) >= 11 is 0. The van der Waals surface area contributed by atoms with E-state index >= 15 is 0 Å². The molecule has 0 bridgehead atoms. The SMILES string of the molecule is CC(C)c1ccc(Oc2ccc(S(N)(=O)=O)cc2)cc1. The zero-order chi connectivity index (χ0) is 14.8. The van der Waals surface area contributed by atoms with Gasteiger partial charge in [-0.25, -0.2) is 13.6 Å². The quantitative estimate of drug-likeness (QED) is 0.940. The van der Waals surface area contributed by atoms with E-state index in [1.807, 2.05) is 24.3 Å². The minimum absolute atomic E-state index is 0.0694. The number of sulfonamides is 1. The van der Waals surface area contributed by atoms with Gasteiger partial charge in [0.15, 0.2) is 0 Å². The largest absolute Gasteiger partial charge is 0.457 e. The van der Waals surface area contributed by atoms with Gasteiger partial charge in [-0.3, -0.25) is 0 Å². The molecule has 2 N–H and O–H groups in total.